The first-order chi connectivity index (χ1) is 11.0. The van der Waals surface area contributed by atoms with E-state index in [9.17, 15) is 4.79 Å². The Labute approximate surface area is 143 Å². The van der Waals surface area contributed by atoms with Crippen molar-refractivity contribution in [3.05, 3.63) is 53.1 Å². The first-order valence-corrected chi connectivity index (χ1v) is 8.75. The third-order valence-electron chi connectivity index (χ3n) is 3.12. The van der Waals surface area contributed by atoms with Crippen LogP contribution in [-0.4, -0.2) is 19.2 Å². The van der Waals surface area contributed by atoms with Crippen molar-refractivity contribution in [2.75, 3.05) is 13.7 Å². The molecule has 2 rings (SSSR count). The van der Waals surface area contributed by atoms with Gasteiger partial charge in [0.25, 0.3) is 0 Å². The number of hydrogen-bond acceptors (Lipinski definition) is 3. The van der Waals surface area contributed by atoms with E-state index in [1.807, 2.05) is 24.3 Å². The molecule has 1 atom stereocenters. The molecule has 1 unspecified atom stereocenters. The first kappa shape index (κ1) is 17.8. The molecular weight excluding hydrogens is 331 g/mol. The van der Waals surface area contributed by atoms with Crippen molar-refractivity contribution in [2.24, 2.45) is 5.92 Å². The second-order valence-corrected chi connectivity index (χ2v) is 7.19. The minimum Gasteiger partial charge on any atom is -0.496 e. The van der Waals surface area contributed by atoms with Gasteiger partial charge in [0.2, 0.25) is 0 Å². The maximum atomic E-state index is 12.5. The molecule has 0 N–H and O–H groups in total. The van der Waals surface area contributed by atoms with Gasteiger partial charge in [-0.1, -0.05) is 43.6 Å². The lowest BCUT2D eigenvalue weighted by atomic mass is 10.2. The molecule has 23 heavy (non-hydrogen) atoms. The van der Waals surface area contributed by atoms with Crippen LogP contribution >= 0.6 is 20.2 Å². The lowest BCUT2D eigenvalue weighted by molar-refractivity contribution is 0.108. The maximum absolute atomic E-state index is 12.5. The standard InChI is InChI=1S/C18H20ClO3P/c1-12(2)11-22-13-7-9-14(10-8-13)23-18(20)17-15(19)5-4-6-16(17)21-3/h4-10,12,23H,11H2,1-3H3. The molecule has 0 aromatic heterocycles. The minimum atomic E-state index is -0.0386. The van der Waals surface area contributed by atoms with Crippen LogP contribution in [0.4, 0.5) is 0 Å². The SMILES string of the molecule is COc1cccc(Cl)c1C(=O)Pc1ccc(OCC(C)C)cc1. The van der Waals surface area contributed by atoms with Gasteiger partial charge in [-0.15, -0.1) is 0 Å². The summed E-state index contributed by atoms with van der Waals surface area (Å²) >= 11 is 6.15. The highest BCUT2D eigenvalue weighted by molar-refractivity contribution is 7.66. The summed E-state index contributed by atoms with van der Waals surface area (Å²) in [5.74, 6) is 1.80. The zero-order valence-corrected chi connectivity index (χ0v) is 15.2. The van der Waals surface area contributed by atoms with Crippen LogP contribution in [0.1, 0.15) is 24.2 Å². The Balaban J connectivity index is 2.09. The first-order valence-electron chi connectivity index (χ1n) is 7.38. The molecule has 0 aliphatic heterocycles. The second-order valence-electron chi connectivity index (χ2n) is 5.50. The molecule has 0 spiro atoms. The molecule has 0 fully saturated rings. The summed E-state index contributed by atoms with van der Waals surface area (Å²) in [4.78, 5) is 12.5. The van der Waals surface area contributed by atoms with Gasteiger partial charge in [-0.2, -0.15) is 0 Å². The Morgan fingerprint density at radius 1 is 1.17 bits per heavy atom. The Hall–Kier alpha value is -1.57. The van der Waals surface area contributed by atoms with Gasteiger partial charge in [-0.3, -0.25) is 4.79 Å². The van der Waals surface area contributed by atoms with Crippen LogP contribution in [0, 0.1) is 5.92 Å². The van der Waals surface area contributed by atoms with E-state index in [-0.39, 0.29) is 14.1 Å². The third kappa shape index (κ3) is 4.95. The Morgan fingerprint density at radius 3 is 2.48 bits per heavy atom. The van der Waals surface area contributed by atoms with Crippen molar-refractivity contribution in [1.29, 1.82) is 0 Å². The smallest absolute Gasteiger partial charge is 0.190 e. The largest absolute Gasteiger partial charge is 0.496 e. The number of hydrogen-bond donors (Lipinski definition) is 0. The van der Waals surface area contributed by atoms with Crippen molar-refractivity contribution < 1.29 is 14.3 Å². The third-order valence-corrected chi connectivity index (χ3v) is 4.53. The van der Waals surface area contributed by atoms with Crippen molar-refractivity contribution in [2.45, 2.75) is 13.8 Å². The lowest BCUT2D eigenvalue weighted by Gasteiger charge is -2.11. The molecule has 3 nitrogen and oxygen atoms in total. The van der Waals surface area contributed by atoms with E-state index in [1.165, 1.54) is 7.11 Å². The molecule has 122 valence electrons. The molecule has 0 saturated heterocycles. The summed E-state index contributed by atoms with van der Waals surface area (Å²) in [5, 5.41) is 1.35. The molecule has 5 heteroatoms. The van der Waals surface area contributed by atoms with Gasteiger partial charge in [-0.05, 0) is 44.1 Å². The number of carbonyl (C=O) groups is 1. The summed E-state index contributed by atoms with van der Waals surface area (Å²) in [6, 6.07) is 12.8. The van der Waals surface area contributed by atoms with Crippen LogP contribution in [0.3, 0.4) is 0 Å². The van der Waals surface area contributed by atoms with Crippen LogP contribution in [0.15, 0.2) is 42.5 Å². The van der Waals surface area contributed by atoms with E-state index >= 15 is 0 Å². The molecule has 2 aromatic rings. The van der Waals surface area contributed by atoms with E-state index in [4.69, 9.17) is 21.1 Å². The van der Waals surface area contributed by atoms with Gasteiger partial charge < -0.3 is 9.47 Å². The lowest BCUT2D eigenvalue weighted by Crippen LogP contribution is -2.06. The highest BCUT2D eigenvalue weighted by Gasteiger charge is 2.16. The predicted octanol–water partition coefficient (Wildman–Crippen LogP) is 4.53. The molecular formula is C18H20ClO3P. The number of halogens is 1. The van der Waals surface area contributed by atoms with Crippen LogP contribution in [0.2, 0.25) is 5.02 Å². The molecule has 0 amide bonds. The van der Waals surface area contributed by atoms with E-state index < -0.39 is 0 Å². The fourth-order valence-electron chi connectivity index (χ4n) is 1.99. The zero-order valence-electron chi connectivity index (χ0n) is 13.4. The molecule has 0 heterocycles. The highest BCUT2D eigenvalue weighted by atomic mass is 35.5. The maximum Gasteiger partial charge on any atom is 0.190 e. The number of benzene rings is 2. The van der Waals surface area contributed by atoms with E-state index in [0.717, 1.165) is 11.1 Å². The fourth-order valence-corrected chi connectivity index (χ4v) is 3.30. The van der Waals surface area contributed by atoms with Crippen LogP contribution in [0.25, 0.3) is 0 Å². The van der Waals surface area contributed by atoms with Crippen LogP contribution in [-0.2, 0) is 0 Å². The van der Waals surface area contributed by atoms with Crippen LogP contribution < -0.4 is 14.8 Å². The average Bonchev–Trinajstić information content (AvgIpc) is 2.53. The highest BCUT2D eigenvalue weighted by Crippen LogP contribution is 2.32. The van der Waals surface area contributed by atoms with Gasteiger partial charge >= 0.3 is 0 Å². The monoisotopic (exact) mass is 350 g/mol. The van der Waals surface area contributed by atoms with Gasteiger partial charge in [0.1, 0.15) is 11.5 Å². The molecule has 0 aliphatic carbocycles. The zero-order chi connectivity index (χ0) is 16.8. The van der Waals surface area contributed by atoms with Crippen molar-refractivity contribution >= 4 is 31.0 Å². The van der Waals surface area contributed by atoms with Gasteiger partial charge in [-0.25, -0.2) is 0 Å². The summed E-state index contributed by atoms with van der Waals surface area (Å²) < 4.78 is 10.9. The minimum absolute atomic E-state index is 0.0136. The Kier molecular flexibility index (Phi) is 6.44. The molecule has 0 aliphatic rings. The number of ether oxygens (including phenoxy) is 2. The fraction of sp³-hybridized carbons (Fsp3) is 0.278. The van der Waals surface area contributed by atoms with Crippen LogP contribution in [0.5, 0.6) is 11.5 Å². The summed E-state index contributed by atoms with van der Waals surface area (Å²) in [7, 11) is 1.52. The Bertz CT molecular complexity index is 668. The van der Waals surface area contributed by atoms with Gasteiger partial charge in [0.15, 0.2) is 5.52 Å². The van der Waals surface area contributed by atoms with E-state index in [1.54, 1.807) is 18.2 Å². The summed E-state index contributed by atoms with van der Waals surface area (Å²) in [6.07, 6.45) is 0. The summed E-state index contributed by atoms with van der Waals surface area (Å²) in [6.45, 7) is 4.88. The molecule has 0 bridgehead atoms. The van der Waals surface area contributed by atoms with Crippen molar-refractivity contribution in [1.82, 2.24) is 0 Å². The van der Waals surface area contributed by atoms with Gasteiger partial charge in [0, 0.05) is 0 Å². The molecule has 0 radical (unpaired) electrons. The van der Waals surface area contributed by atoms with Gasteiger partial charge in [0.05, 0.1) is 24.3 Å². The number of carbonyl (C=O) groups excluding carboxylic acids is 1. The van der Waals surface area contributed by atoms with E-state index in [0.29, 0.717) is 28.9 Å². The number of methoxy groups -OCH3 is 1. The Morgan fingerprint density at radius 2 is 1.87 bits per heavy atom. The second kappa shape index (κ2) is 8.33. The number of rotatable bonds is 7. The van der Waals surface area contributed by atoms with Crippen molar-refractivity contribution in [3.8, 4) is 11.5 Å². The average molecular weight is 351 g/mol. The quantitative estimate of drug-likeness (QED) is 0.688. The van der Waals surface area contributed by atoms with E-state index in [2.05, 4.69) is 13.8 Å². The topological polar surface area (TPSA) is 35.5 Å². The molecule has 0 saturated carbocycles. The normalized spacial score (nSPS) is 11.2. The summed E-state index contributed by atoms with van der Waals surface area (Å²) in [5.41, 5.74) is 0.401. The predicted molar refractivity (Wildman–Crippen MR) is 97.1 cm³/mol. The van der Waals surface area contributed by atoms with Crippen molar-refractivity contribution in [3.63, 3.8) is 0 Å². The molecule has 2 aromatic carbocycles.